The third-order valence-corrected chi connectivity index (χ3v) is 5.50. The van der Waals surface area contributed by atoms with Gasteiger partial charge in [-0.05, 0) is 19.3 Å². The number of piperidine rings is 1. The molecule has 2 saturated heterocycles. The van der Waals surface area contributed by atoms with E-state index >= 15 is 0 Å². The molecule has 1 unspecified atom stereocenters. The van der Waals surface area contributed by atoms with Crippen LogP contribution in [-0.2, 0) is 9.59 Å². The van der Waals surface area contributed by atoms with Crippen LogP contribution in [0.1, 0.15) is 32.6 Å². The van der Waals surface area contributed by atoms with Gasteiger partial charge in [-0.15, -0.1) is 0 Å². The maximum Gasteiger partial charge on any atom is 0.309 e. The third-order valence-electron chi connectivity index (χ3n) is 4.43. The van der Waals surface area contributed by atoms with E-state index in [1.165, 1.54) is 0 Å². The molecule has 0 radical (unpaired) electrons. The predicted octanol–water partition coefficient (Wildman–Crippen LogP) is 1.18. The first-order chi connectivity index (χ1) is 9.59. The summed E-state index contributed by atoms with van der Waals surface area (Å²) in [6.07, 6.45) is 2.76. The summed E-state index contributed by atoms with van der Waals surface area (Å²) >= 11 is 1.80. The van der Waals surface area contributed by atoms with Crippen molar-refractivity contribution in [2.45, 2.75) is 38.6 Å². The summed E-state index contributed by atoms with van der Waals surface area (Å²) in [6, 6.07) is -0.0859. The fourth-order valence-corrected chi connectivity index (χ4v) is 4.07. The van der Waals surface area contributed by atoms with Crippen LogP contribution in [0.2, 0.25) is 0 Å². The number of nitrogens with one attached hydrogen (secondary N) is 1. The molecule has 114 valence electrons. The van der Waals surface area contributed by atoms with Crippen LogP contribution >= 0.6 is 11.8 Å². The van der Waals surface area contributed by atoms with Crippen LogP contribution in [0, 0.1) is 5.41 Å². The number of carbonyl (C=O) groups excluding carboxylic acids is 1. The molecule has 2 aliphatic rings. The molecule has 0 aromatic rings. The third kappa shape index (κ3) is 3.28. The van der Waals surface area contributed by atoms with Crippen LogP contribution < -0.4 is 5.32 Å². The van der Waals surface area contributed by atoms with E-state index in [2.05, 4.69) is 5.32 Å². The van der Waals surface area contributed by atoms with Crippen molar-refractivity contribution in [1.29, 1.82) is 0 Å². The average Bonchev–Trinajstić information content (AvgIpc) is 2.48. The Labute approximate surface area is 124 Å². The average molecular weight is 300 g/mol. The number of hydrogen-bond donors (Lipinski definition) is 2. The van der Waals surface area contributed by atoms with Crippen molar-refractivity contribution in [2.75, 3.05) is 31.1 Å². The number of carboxylic acid groups (broad SMARTS) is 1. The molecular formula is C14H24N2O3S. The number of thioether (sulfide) groups is 1. The van der Waals surface area contributed by atoms with Crippen LogP contribution in [0.4, 0.5) is 0 Å². The molecule has 0 aromatic heterocycles. The van der Waals surface area contributed by atoms with Gasteiger partial charge in [-0.25, -0.2) is 0 Å². The minimum absolute atomic E-state index is 0.0859. The summed E-state index contributed by atoms with van der Waals surface area (Å²) in [5, 5.41) is 12.7. The zero-order valence-corrected chi connectivity index (χ0v) is 12.9. The normalized spacial score (nSPS) is 26.2. The van der Waals surface area contributed by atoms with Crippen molar-refractivity contribution in [1.82, 2.24) is 10.2 Å². The van der Waals surface area contributed by atoms with E-state index in [1.807, 2.05) is 11.8 Å². The van der Waals surface area contributed by atoms with Gasteiger partial charge in [0.15, 0.2) is 0 Å². The fourth-order valence-electron chi connectivity index (χ4n) is 3.15. The van der Waals surface area contributed by atoms with Gasteiger partial charge in [-0.2, -0.15) is 11.8 Å². The van der Waals surface area contributed by atoms with Gasteiger partial charge >= 0.3 is 5.97 Å². The van der Waals surface area contributed by atoms with E-state index in [9.17, 15) is 14.7 Å². The SMILES string of the molecule is CCCC1(C(=O)O)CCN(C(=O)C2CSCCN2)CC1. The summed E-state index contributed by atoms with van der Waals surface area (Å²) in [5.41, 5.74) is -0.611. The Morgan fingerprint density at radius 3 is 2.60 bits per heavy atom. The first-order valence-corrected chi connectivity index (χ1v) is 8.58. The second-order valence-electron chi connectivity index (χ2n) is 5.74. The Hall–Kier alpha value is -0.750. The van der Waals surface area contributed by atoms with Gasteiger partial charge in [0.25, 0.3) is 0 Å². The molecule has 0 aromatic carbocycles. The monoisotopic (exact) mass is 300 g/mol. The molecule has 2 fully saturated rings. The lowest BCUT2D eigenvalue weighted by Crippen LogP contribution is -2.54. The number of aliphatic carboxylic acids is 1. The van der Waals surface area contributed by atoms with Crippen molar-refractivity contribution >= 4 is 23.6 Å². The Morgan fingerprint density at radius 2 is 2.10 bits per heavy atom. The molecule has 0 spiro atoms. The Balaban J connectivity index is 1.92. The van der Waals surface area contributed by atoms with Crippen LogP contribution in [-0.4, -0.2) is 59.1 Å². The highest BCUT2D eigenvalue weighted by Gasteiger charge is 2.42. The molecule has 0 bridgehead atoms. The minimum Gasteiger partial charge on any atom is -0.481 e. The molecule has 0 saturated carbocycles. The van der Waals surface area contributed by atoms with E-state index in [4.69, 9.17) is 0 Å². The smallest absolute Gasteiger partial charge is 0.309 e. The minimum atomic E-state index is -0.696. The lowest BCUT2D eigenvalue weighted by molar-refractivity contribution is -0.155. The van der Waals surface area contributed by atoms with Gasteiger partial charge in [-0.3, -0.25) is 9.59 Å². The molecule has 6 heteroatoms. The van der Waals surface area contributed by atoms with Crippen molar-refractivity contribution in [3.8, 4) is 0 Å². The maximum atomic E-state index is 12.4. The van der Waals surface area contributed by atoms with Gasteiger partial charge in [0.2, 0.25) is 5.91 Å². The van der Waals surface area contributed by atoms with Crippen molar-refractivity contribution in [3.05, 3.63) is 0 Å². The molecule has 20 heavy (non-hydrogen) atoms. The molecular weight excluding hydrogens is 276 g/mol. The quantitative estimate of drug-likeness (QED) is 0.816. The van der Waals surface area contributed by atoms with Gasteiger partial charge in [-0.1, -0.05) is 13.3 Å². The topological polar surface area (TPSA) is 69.6 Å². The Kier molecular flexibility index (Phi) is 5.32. The highest BCUT2D eigenvalue weighted by atomic mass is 32.2. The van der Waals surface area contributed by atoms with Gasteiger partial charge in [0.1, 0.15) is 0 Å². The summed E-state index contributed by atoms with van der Waals surface area (Å²) in [5.74, 6) is 1.34. The maximum absolute atomic E-state index is 12.4. The Morgan fingerprint density at radius 1 is 1.40 bits per heavy atom. The van der Waals surface area contributed by atoms with Gasteiger partial charge < -0.3 is 15.3 Å². The highest BCUT2D eigenvalue weighted by Crippen LogP contribution is 2.36. The van der Waals surface area contributed by atoms with E-state index in [1.54, 1.807) is 11.8 Å². The molecule has 0 aliphatic carbocycles. The largest absolute Gasteiger partial charge is 0.481 e. The zero-order valence-electron chi connectivity index (χ0n) is 12.1. The summed E-state index contributed by atoms with van der Waals surface area (Å²) < 4.78 is 0. The van der Waals surface area contributed by atoms with E-state index in [0.29, 0.717) is 32.4 Å². The van der Waals surface area contributed by atoms with Crippen molar-refractivity contribution in [3.63, 3.8) is 0 Å². The predicted molar refractivity (Wildman–Crippen MR) is 79.9 cm³/mol. The fraction of sp³-hybridized carbons (Fsp3) is 0.857. The summed E-state index contributed by atoms with van der Waals surface area (Å²) in [7, 11) is 0. The van der Waals surface area contributed by atoms with E-state index < -0.39 is 11.4 Å². The highest BCUT2D eigenvalue weighted by molar-refractivity contribution is 7.99. The second kappa shape index (κ2) is 6.80. The molecule has 2 rings (SSSR count). The lowest BCUT2D eigenvalue weighted by atomic mass is 9.75. The summed E-state index contributed by atoms with van der Waals surface area (Å²) in [6.45, 7) is 4.05. The number of rotatable bonds is 4. The van der Waals surface area contributed by atoms with Crippen LogP contribution in [0.15, 0.2) is 0 Å². The van der Waals surface area contributed by atoms with E-state index in [-0.39, 0.29) is 11.9 Å². The van der Waals surface area contributed by atoms with Gasteiger partial charge in [0, 0.05) is 31.1 Å². The van der Waals surface area contributed by atoms with Crippen LogP contribution in [0.3, 0.4) is 0 Å². The van der Waals surface area contributed by atoms with Crippen molar-refractivity contribution in [2.24, 2.45) is 5.41 Å². The Bertz CT molecular complexity index is 361. The molecule has 2 N–H and O–H groups in total. The van der Waals surface area contributed by atoms with Crippen molar-refractivity contribution < 1.29 is 14.7 Å². The van der Waals surface area contributed by atoms with E-state index in [0.717, 1.165) is 24.5 Å². The second-order valence-corrected chi connectivity index (χ2v) is 6.89. The number of carboxylic acids is 1. The standard InChI is InChI=1S/C14H24N2O3S/c1-2-3-14(13(18)19)4-7-16(8-5-14)12(17)11-10-20-9-6-15-11/h11,15H,2-10H2,1H3,(H,18,19). The molecule has 2 heterocycles. The molecule has 2 aliphatic heterocycles. The lowest BCUT2D eigenvalue weighted by Gasteiger charge is -2.40. The number of nitrogens with zero attached hydrogens (tertiary/aromatic N) is 1. The van der Waals surface area contributed by atoms with Crippen LogP contribution in [0.5, 0.6) is 0 Å². The number of hydrogen-bond acceptors (Lipinski definition) is 4. The summed E-state index contributed by atoms with van der Waals surface area (Å²) in [4.78, 5) is 25.8. The molecule has 1 amide bonds. The number of likely N-dealkylation sites (tertiary alicyclic amines) is 1. The first kappa shape index (κ1) is 15.6. The number of carbonyl (C=O) groups is 2. The van der Waals surface area contributed by atoms with Gasteiger partial charge in [0.05, 0.1) is 11.5 Å². The van der Waals surface area contributed by atoms with Crippen LogP contribution in [0.25, 0.3) is 0 Å². The number of amides is 1. The molecule has 5 nitrogen and oxygen atoms in total. The molecule has 1 atom stereocenters. The first-order valence-electron chi connectivity index (χ1n) is 7.42. The zero-order chi connectivity index (χ0) is 14.6.